The van der Waals surface area contributed by atoms with Crippen LogP contribution in [0.25, 0.3) is 0 Å². The summed E-state index contributed by atoms with van der Waals surface area (Å²) in [5.74, 6) is -0.123. The van der Waals surface area contributed by atoms with Crippen molar-refractivity contribution in [1.82, 2.24) is 4.31 Å². The number of hydrogen-bond acceptors (Lipinski definition) is 4. The van der Waals surface area contributed by atoms with E-state index in [0.717, 1.165) is 5.69 Å². The van der Waals surface area contributed by atoms with Crippen molar-refractivity contribution in [2.45, 2.75) is 18.7 Å². The fourth-order valence-electron chi connectivity index (χ4n) is 2.38. The molecule has 2 aromatic carbocycles. The Hall–Kier alpha value is -1.89. The van der Waals surface area contributed by atoms with Crippen molar-refractivity contribution in [3.8, 4) is 0 Å². The molecular formula is C18H21ClN2O3S. The number of nitrogens with zero attached hydrogens (tertiary/aromatic N) is 1. The molecule has 0 saturated heterocycles. The third-order valence-corrected chi connectivity index (χ3v) is 6.13. The monoisotopic (exact) mass is 380 g/mol. The number of rotatable bonds is 8. The SMILES string of the molecule is CCN(CC)S(=O)(=O)c1ccc(C(=O)CNc2ccc(Cl)cc2)cc1. The van der Waals surface area contributed by atoms with Crippen LogP contribution < -0.4 is 5.32 Å². The maximum Gasteiger partial charge on any atom is 0.243 e. The zero-order valence-corrected chi connectivity index (χ0v) is 15.8. The third-order valence-electron chi connectivity index (χ3n) is 3.82. The fraction of sp³-hybridized carbons (Fsp3) is 0.278. The van der Waals surface area contributed by atoms with E-state index in [-0.39, 0.29) is 17.2 Å². The zero-order chi connectivity index (χ0) is 18.4. The number of hydrogen-bond donors (Lipinski definition) is 1. The summed E-state index contributed by atoms with van der Waals surface area (Å²) in [5.41, 5.74) is 1.25. The zero-order valence-electron chi connectivity index (χ0n) is 14.2. The number of carbonyl (C=O) groups is 1. The lowest BCUT2D eigenvalue weighted by Gasteiger charge is -2.18. The molecule has 0 spiro atoms. The quantitative estimate of drug-likeness (QED) is 0.709. The van der Waals surface area contributed by atoms with Crippen LogP contribution in [0.2, 0.25) is 5.02 Å². The first-order valence-electron chi connectivity index (χ1n) is 8.01. The summed E-state index contributed by atoms with van der Waals surface area (Å²) in [4.78, 5) is 12.4. The van der Waals surface area contributed by atoms with Crippen LogP contribution in [-0.4, -0.2) is 38.1 Å². The molecule has 2 aromatic rings. The Bertz CT molecular complexity index is 814. The summed E-state index contributed by atoms with van der Waals surface area (Å²) in [6.45, 7) is 4.52. The molecule has 2 rings (SSSR count). The minimum Gasteiger partial charge on any atom is -0.378 e. The van der Waals surface area contributed by atoms with Crippen LogP contribution in [0, 0.1) is 0 Å². The van der Waals surface area contributed by atoms with Gasteiger partial charge in [0.15, 0.2) is 5.78 Å². The first-order chi connectivity index (χ1) is 11.9. The smallest absolute Gasteiger partial charge is 0.243 e. The highest BCUT2D eigenvalue weighted by molar-refractivity contribution is 7.89. The average Bonchev–Trinajstić information content (AvgIpc) is 2.62. The first kappa shape index (κ1) is 19.4. The molecular weight excluding hydrogens is 360 g/mol. The van der Waals surface area contributed by atoms with Crippen molar-refractivity contribution in [2.75, 3.05) is 25.0 Å². The van der Waals surface area contributed by atoms with E-state index in [1.54, 1.807) is 50.2 Å². The van der Waals surface area contributed by atoms with E-state index in [1.807, 2.05) is 0 Å². The summed E-state index contributed by atoms with van der Waals surface area (Å²) >= 11 is 5.82. The van der Waals surface area contributed by atoms with Gasteiger partial charge < -0.3 is 5.32 Å². The van der Waals surface area contributed by atoms with E-state index in [2.05, 4.69) is 5.32 Å². The molecule has 5 nitrogen and oxygen atoms in total. The van der Waals surface area contributed by atoms with Gasteiger partial charge in [-0.25, -0.2) is 8.42 Å². The summed E-state index contributed by atoms with van der Waals surface area (Å²) in [6, 6.07) is 13.1. The maximum absolute atomic E-state index is 12.4. The molecule has 0 atom stereocenters. The number of benzene rings is 2. The normalized spacial score (nSPS) is 11.5. The van der Waals surface area contributed by atoms with Gasteiger partial charge in [0.25, 0.3) is 0 Å². The third kappa shape index (κ3) is 4.81. The standard InChI is InChI=1S/C18H21ClN2O3S/c1-3-21(4-2)25(23,24)17-11-5-14(6-12-17)18(22)13-20-16-9-7-15(19)8-10-16/h5-12,20H,3-4,13H2,1-2H3. The second-order valence-electron chi connectivity index (χ2n) is 5.40. The molecule has 0 heterocycles. The predicted molar refractivity (Wildman–Crippen MR) is 101 cm³/mol. The number of Topliss-reactive ketones (excluding diaryl/α,β-unsaturated/α-hetero) is 1. The topological polar surface area (TPSA) is 66.5 Å². The van der Waals surface area contributed by atoms with Crippen molar-refractivity contribution in [3.63, 3.8) is 0 Å². The minimum absolute atomic E-state index is 0.115. The molecule has 0 aliphatic heterocycles. The molecule has 1 N–H and O–H groups in total. The second kappa shape index (κ2) is 8.47. The number of sulfonamides is 1. The van der Waals surface area contributed by atoms with E-state index in [4.69, 9.17) is 11.6 Å². The molecule has 0 saturated carbocycles. The lowest BCUT2D eigenvalue weighted by Crippen LogP contribution is -2.30. The highest BCUT2D eigenvalue weighted by Gasteiger charge is 2.21. The van der Waals surface area contributed by atoms with Crippen LogP contribution in [0.3, 0.4) is 0 Å². The number of nitrogens with one attached hydrogen (secondary N) is 1. The fourth-order valence-corrected chi connectivity index (χ4v) is 3.96. The lowest BCUT2D eigenvalue weighted by atomic mass is 10.1. The summed E-state index contributed by atoms with van der Waals surface area (Å²) in [5, 5.41) is 3.64. The van der Waals surface area contributed by atoms with Crippen LogP contribution in [0.5, 0.6) is 0 Å². The van der Waals surface area contributed by atoms with Gasteiger partial charge in [0.1, 0.15) is 0 Å². The van der Waals surface area contributed by atoms with Gasteiger partial charge in [-0.1, -0.05) is 25.4 Å². The van der Waals surface area contributed by atoms with Gasteiger partial charge in [-0.2, -0.15) is 4.31 Å². The molecule has 0 bridgehead atoms. The van der Waals surface area contributed by atoms with E-state index < -0.39 is 10.0 Å². The number of halogens is 1. The molecule has 7 heteroatoms. The molecule has 0 fully saturated rings. The van der Waals surface area contributed by atoms with Gasteiger partial charge in [0.05, 0.1) is 11.4 Å². The second-order valence-corrected chi connectivity index (χ2v) is 7.77. The minimum atomic E-state index is -3.51. The van der Waals surface area contributed by atoms with Crippen LogP contribution in [0.4, 0.5) is 5.69 Å². The average molecular weight is 381 g/mol. The lowest BCUT2D eigenvalue weighted by molar-refractivity contribution is 0.101. The predicted octanol–water partition coefficient (Wildman–Crippen LogP) is 3.67. The highest BCUT2D eigenvalue weighted by Crippen LogP contribution is 2.17. The Morgan fingerprint density at radius 1 is 1.00 bits per heavy atom. The maximum atomic E-state index is 12.4. The number of anilines is 1. The van der Waals surface area contributed by atoms with E-state index in [9.17, 15) is 13.2 Å². The highest BCUT2D eigenvalue weighted by atomic mass is 35.5. The van der Waals surface area contributed by atoms with Crippen molar-refractivity contribution in [2.24, 2.45) is 0 Å². The Morgan fingerprint density at radius 2 is 1.56 bits per heavy atom. The molecule has 25 heavy (non-hydrogen) atoms. The Balaban J connectivity index is 2.06. The van der Waals surface area contributed by atoms with Crippen molar-refractivity contribution >= 4 is 33.1 Å². The Labute approximate surface area is 153 Å². The molecule has 0 aromatic heterocycles. The van der Waals surface area contributed by atoms with E-state index >= 15 is 0 Å². The van der Waals surface area contributed by atoms with Gasteiger partial charge >= 0.3 is 0 Å². The molecule has 0 radical (unpaired) electrons. The van der Waals surface area contributed by atoms with Gasteiger partial charge in [-0.15, -0.1) is 0 Å². The molecule has 134 valence electrons. The Morgan fingerprint density at radius 3 is 2.08 bits per heavy atom. The number of carbonyl (C=O) groups excluding carboxylic acids is 1. The summed E-state index contributed by atoms with van der Waals surface area (Å²) in [6.07, 6.45) is 0. The van der Waals surface area contributed by atoms with Crippen LogP contribution in [0.1, 0.15) is 24.2 Å². The molecule has 0 unspecified atom stereocenters. The largest absolute Gasteiger partial charge is 0.378 e. The summed E-state index contributed by atoms with van der Waals surface area (Å²) in [7, 11) is -3.51. The Kier molecular flexibility index (Phi) is 6.58. The van der Waals surface area contributed by atoms with Crippen molar-refractivity contribution < 1.29 is 13.2 Å². The molecule has 0 amide bonds. The van der Waals surface area contributed by atoms with Gasteiger partial charge in [0.2, 0.25) is 10.0 Å². The van der Waals surface area contributed by atoms with Crippen LogP contribution in [-0.2, 0) is 10.0 Å². The number of ketones is 1. The van der Waals surface area contributed by atoms with Gasteiger partial charge in [0, 0.05) is 29.4 Å². The summed E-state index contributed by atoms with van der Waals surface area (Å²) < 4.78 is 26.2. The van der Waals surface area contributed by atoms with E-state index in [0.29, 0.717) is 23.7 Å². The van der Waals surface area contributed by atoms with Crippen molar-refractivity contribution in [1.29, 1.82) is 0 Å². The van der Waals surface area contributed by atoms with Crippen molar-refractivity contribution in [3.05, 3.63) is 59.1 Å². The van der Waals surface area contributed by atoms with Gasteiger partial charge in [-0.05, 0) is 48.5 Å². The molecule has 0 aliphatic carbocycles. The van der Waals surface area contributed by atoms with E-state index in [1.165, 1.54) is 16.4 Å². The van der Waals surface area contributed by atoms with Crippen LogP contribution in [0.15, 0.2) is 53.4 Å². The molecule has 0 aliphatic rings. The van der Waals surface area contributed by atoms with Gasteiger partial charge in [-0.3, -0.25) is 4.79 Å². The van der Waals surface area contributed by atoms with Crippen LogP contribution >= 0.6 is 11.6 Å². The first-order valence-corrected chi connectivity index (χ1v) is 9.83.